The van der Waals surface area contributed by atoms with Crippen molar-refractivity contribution in [3.05, 3.63) is 33.9 Å². The van der Waals surface area contributed by atoms with Gasteiger partial charge >= 0.3 is 0 Å². The molecular formula is C12H19N3O2. The van der Waals surface area contributed by atoms with Crippen LogP contribution in [-0.2, 0) is 0 Å². The van der Waals surface area contributed by atoms with Crippen LogP contribution in [0.15, 0.2) is 18.2 Å². The summed E-state index contributed by atoms with van der Waals surface area (Å²) in [5, 5.41) is 14.0. The second-order valence-corrected chi connectivity index (χ2v) is 4.62. The number of anilines is 1. The molecule has 1 aromatic carbocycles. The van der Waals surface area contributed by atoms with Gasteiger partial charge in [0, 0.05) is 30.4 Å². The Hall–Kier alpha value is -1.62. The largest absolute Gasteiger partial charge is 0.381 e. The van der Waals surface area contributed by atoms with Gasteiger partial charge in [-0.25, -0.2) is 0 Å². The maximum Gasteiger partial charge on any atom is 0.271 e. The fourth-order valence-corrected chi connectivity index (χ4v) is 1.83. The molecule has 0 aliphatic carbocycles. The SMILES string of the molecule is Cc1cc(NC(C)CN(C)C)cc([N+](=O)[O-])c1. The number of benzene rings is 1. The molecule has 0 bridgehead atoms. The molecule has 0 amide bonds. The second-order valence-electron chi connectivity index (χ2n) is 4.62. The van der Waals surface area contributed by atoms with Gasteiger partial charge in [0.1, 0.15) is 0 Å². The molecule has 1 N–H and O–H groups in total. The molecule has 0 fully saturated rings. The van der Waals surface area contributed by atoms with E-state index in [1.54, 1.807) is 12.1 Å². The lowest BCUT2D eigenvalue weighted by Gasteiger charge is -2.19. The van der Waals surface area contributed by atoms with E-state index in [-0.39, 0.29) is 16.7 Å². The lowest BCUT2D eigenvalue weighted by atomic mass is 10.2. The summed E-state index contributed by atoms with van der Waals surface area (Å²) in [4.78, 5) is 12.4. The molecule has 0 heterocycles. The predicted octanol–water partition coefficient (Wildman–Crippen LogP) is 2.27. The van der Waals surface area contributed by atoms with Crippen molar-refractivity contribution in [1.29, 1.82) is 0 Å². The van der Waals surface area contributed by atoms with E-state index in [9.17, 15) is 10.1 Å². The highest BCUT2D eigenvalue weighted by molar-refractivity contribution is 5.54. The number of nitrogens with one attached hydrogen (secondary N) is 1. The number of likely N-dealkylation sites (N-methyl/N-ethyl adjacent to an activating group) is 1. The van der Waals surface area contributed by atoms with E-state index < -0.39 is 0 Å². The molecule has 0 saturated carbocycles. The van der Waals surface area contributed by atoms with Gasteiger partial charge in [-0.15, -0.1) is 0 Å². The Morgan fingerprint density at radius 2 is 2.06 bits per heavy atom. The molecule has 0 spiro atoms. The van der Waals surface area contributed by atoms with Crippen LogP contribution in [0, 0.1) is 17.0 Å². The molecular weight excluding hydrogens is 218 g/mol. The lowest BCUT2D eigenvalue weighted by molar-refractivity contribution is -0.384. The fourth-order valence-electron chi connectivity index (χ4n) is 1.83. The van der Waals surface area contributed by atoms with E-state index in [0.717, 1.165) is 17.8 Å². The number of nitro benzene ring substituents is 1. The minimum Gasteiger partial charge on any atom is -0.381 e. The van der Waals surface area contributed by atoms with Crippen molar-refractivity contribution < 1.29 is 4.92 Å². The first-order valence-corrected chi connectivity index (χ1v) is 5.56. The average Bonchev–Trinajstić information content (AvgIpc) is 2.14. The molecule has 94 valence electrons. The van der Waals surface area contributed by atoms with Crippen LogP contribution in [0.2, 0.25) is 0 Å². The Balaban J connectivity index is 2.80. The van der Waals surface area contributed by atoms with E-state index in [1.807, 2.05) is 34.0 Å². The normalized spacial score (nSPS) is 12.5. The van der Waals surface area contributed by atoms with Gasteiger partial charge in [0.25, 0.3) is 5.69 Å². The van der Waals surface area contributed by atoms with Crippen LogP contribution >= 0.6 is 0 Å². The van der Waals surface area contributed by atoms with E-state index in [4.69, 9.17) is 0 Å². The minimum absolute atomic E-state index is 0.129. The molecule has 0 aromatic heterocycles. The molecule has 0 saturated heterocycles. The predicted molar refractivity (Wildman–Crippen MR) is 69.5 cm³/mol. The summed E-state index contributed by atoms with van der Waals surface area (Å²) in [5.74, 6) is 0. The number of hydrogen-bond acceptors (Lipinski definition) is 4. The number of non-ortho nitro benzene ring substituents is 1. The summed E-state index contributed by atoms with van der Waals surface area (Å²) in [5.41, 5.74) is 1.81. The average molecular weight is 237 g/mol. The van der Waals surface area contributed by atoms with Gasteiger partial charge in [-0.1, -0.05) is 0 Å². The van der Waals surface area contributed by atoms with Gasteiger partial charge in [0.05, 0.1) is 4.92 Å². The number of aryl methyl sites for hydroxylation is 1. The van der Waals surface area contributed by atoms with Crippen molar-refractivity contribution in [2.75, 3.05) is 26.0 Å². The molecule has 5 nitrogen and oxygen atoms in total. The smallest absolute Gasteiger partial charge is 0.271 e. The van der Waals surface area contributed by atoms with E-state index in [1.165, 1.54) is 0 Å². The molecule has 5 heteroatoms. The number of rotatable bonds is 5. The van der Waals surface area contributed by atoms with Crippen molar-refractivity contribution >= 4 is 11.4 Å². The van der Waals surface area contributed by atoms with Crippen LogP contribution in [0.4, 0.5) is 11.4 Å². The molecule has 1 aromatic rings. The summed E-state index contributed by atoms with van der Waals surface area (Å²) in [6.45, 7) is 4.78. The Bertz CT molecular complexity index is 405. The topological polar surface area (TPSA) is 58.4 Å². The molecule has 1 rings (SSSR count). The Morgan fingerprint density at radius 3 is 2.59 bits per heavy atom. The van der Waals surface area contributed by atoms with Gasteiger partial charge in [0.2, 0.25) is 0 Å². The van der Waals surface area contributed by atoms with Crippen LogP contribution in [0.3, 0.4) is 0 Å². The van der Waals surface area contributed by atoms with E-state index >= 15 is 0 Å². The monoisotopic (exact) mass is 237 g/mol. The van der Waals surface area contributed by atoms with Crippen molar-refractivity contribution in [3.63, 3.8) is 0 Å². The molecule has 17 heavy (non-hydrogen) atoms. The third-order valence-corrected chi connectivity index (χ3v) is 2.33. The number of nitro groups is 1. The minimum atomic E-state index is -0.366. The van der Waals surface area contributed by atoms with Crippen LogP contribution in [0.1, 0.15) is 12.5 Å². The molecule has 1 unspecified atom stereocenters. The first kappa shape index (κ1) is 13.4. The van der Waals surface area contributed by atoms with Crippen molar-refractivity contribution in [1.82, 2.24) is 4.90 Å². The van der Waals surface area contributed by atoms with Crippen LogP contribution < -0.4 is 5.32 Å². The summed E-state index contributed by atoms with van der Waals surface area (Å²) in [6, 6.07) is 5.30. The van der Waals surface area contributed by atoms with Crippen LogP contribution in [0.25, 0.3) is 0 Å². The van der Waals surface area contributed by atoms with Gasteiger partial charge in [-0.3, -0.25) is 10.1 Å². The summed E-state index contributed by atoms with van der Waals surface area (Å²) in [7, 11) is 3.99. The zero-order valence-electron chi connectivity index (χ0n) is 10.7. The number of hydrogen-bond donors (Lipinski definition) is 1. The Kier molecular flexibility index (Phi) is 4.45. The van der Waals surface area contributed by atoms with Crippen molar-refractivity contribution in [2.45, 2.75) is 19.9 Å². The zero-order valence-corrected chi connectivity index (χ0v) is 10.7. The molecule has 0 aliphatic heterocycles. The van der Waals surface area contributed by atoms with E-state index in [2.05, 4.69) is 10.2 Å². The highest BCUT2D eigenvalue weighted by Crippen LogP contribution is 2.20. The highest BCUT2D eigenvalue weighted by atomic mass is 16.6. The Labute approximate surface area is 102 Å². The van der Waals surface area contributed by atoms with Gasteiger partial charge < -0.3 is 10.2 Å². The van der Waals surface area contributed by atoms with Gasteiger partial charge in [-0.05, 0) is 39.6 Å². The van der Waals surface area contributed by atoms with Crippen LogP contribution in [-0.4, -0.2) is 36.5 Å². The first-order chi connectivity index (χ1) is 7.88. The Morgan fingerprint density at radius 1 is 1.41 bits per heavy atom. The summed E-state index contributed by atoms with van der Waals surface area (Å²) >= 11 is 0. The summed E-state index contributed by atoms with van der Waals surface area (Å²) < 4.78 is 0. The molecule has 1 atom stereocenters. The van der Waals surface area contributed by atoms with Gasteiger partial charge in [0.15, 0.2) is 0 Å². The van der Waals surface area contributed by atoms with Gasteiger partial charge in [-0.2, -0.15) is 0 Å². The second kappa shape index (κ2) is 5.63. The maximum absolute atomic E-state index is 10.7. The van der Waals surface area contributed by atoms with E-state index in [0.29, 0.717) is 0 Å². The highest BCUT2D eigenvalue weighted by Gasteiger charge is 2.10. The number of nitrogens with zero attached hydrogens (tertiary/aromatic N) is 2. The zero-order chi connectivity index (χ0) is 13.0. The lowest BCUT2D eigenvalue weighted by Crippen LogP contribution is -2.29. The molecule has 0 aliphatic rings. The quantitative estimate of drug-likeness (QED) is 0.630. The fraction of sp³-hybridized carbons (Fsp3) is 0.500. The maximum atomic E-state index is 10.7. The third-order valence-electron chi connectivity index (χ3n) is 2.33. The van der Waals surface area contributed by atoms with Crippen LogP contribution in [0.5, 0.6) is 0 Å². The van der Waals surface area contributed by atoms with Crippen molar-refractivity contribution in [3.8, 4) is 0 Å². The van der Waals surface area contributed by atoms with Crippen molar-refractivity contribution in [2.24, 2.45) is 0 Å². The summed E-state index contributed by atoms with van der Waals surface area (Å²) in [6.07, 6.45) is 0. The standard InChI is InChI=1S/C12H19N3O2/c1-9-5-11(7-12(6-9)15(16)17)13-10(2)8-14(3)4/h5-7,10,13H,8H2,1-4H3. The first-order valence-electron chi connectivity index (χ1n) is 5.56. The third kappa shape index (κ3) is 4.40. The molecule has 0 radical (unpaired) electrons.